The second-order valence-electron chi connectivity index (χ2n) is 3.71. The predicted molar refractivity (Wildman–Crippen MR) is 74.8 cm³/mol. The van der Waals surface area contributed by atoms with Crippen LogP contribution in [0.5, 0.6) is 0 Å². The summed E-state index contributed by atoms with van der Waals surface area (Å²) in [5, 5.41) is 12.2. The molecule has 96 valence electrons. The Bertz CT molecular complexity index is 609. The summed E-state index contributed by atoms with van der Waals surface area (Å²) < 4.78 is 24.0. The highest BCUT2D eigenvalue weighted by Crippen LogP contribution is 2.17. The van der Waals surface area contributed by atoms with Crippen LogP contribution in [0.25, 0.3) is 0 Å². The Morgan fingerprint density at radius 1 is 1.22 bits per heavy atom. The minimum Gasteiger partial charge on any atom is -0.381 e. The molecule has 5 nitrogen and oxygen atoms in total. The normalized spacial score (nSPS) is 11.2. The highest BCUT2D eigenvalue weighted by atomic mass is 32.2. The van der Waals surface area contributed by atoms with Crippen LogP contribution in [0.3, 0.4) is 0 Å². The van der Waals surface area contributed by atoms with E-state index in [2.05, 4.69) is 15.4 Å². The van der Waals surface area contributed by atoms with E-state index in [0.717, 1.165) is 5.69 Å². The van der Waals surface area contributed by atoms with Crippen LogP contribution in [-0.4, -0.2) is 8.42 Å². The van der Waals surface area contributed by atoms with Crippen molar-refractivity contribution in [3.8, 4) is 0 Å². The van der Waals surface area contributed by atoms with Gasteiger partial charge in [-0.25, -0.2) is 5.14 Å². The monoisotopic (exact) mass is 283 g/mol. The maximum Gasteiger partial charge on any atom is 0.296 e. The summed E-state index contributed by atoms with van der Waals surface area (Å²) in [6.07, 6.45) is 0. The second-order valence-corrected chi connectivity index (χ2v) is 5.79. The summed E-state index contributed by atoms with van der Waals surface area (Å²) in [6, 6.07) is 8.98. The SMILES string of the molecule is NS(=O)(=O)Nc1cccc(NCc2ccsc2)c1. The molecule has 7 heteroatoms. The number of benzene rings is 1. The molecule has 0 radical (unpaired) electrons. The molecule has 0 amide bonds. The fourth-order valence-electron chi connectivity index (χ4n) is 1.45. The molecule has 0 saturated heterocycles. The summed E-state index contributed by atoms with van der Waals surface area (Å²) in [5.41, 5.74) is 2.45. The van der Waals surface area contributed by atoms with Crippen molar-refractivity contribution in [2.24, 2.45) is 5.14 Å². The van der Waals surface area contributed by atoms with Crippen LogP contribution in [0.1, 0.15) is 5.56 Å². The van der Waals surface area contributed by atoms with Crippen LogP contribution >= 0.6 is 11.3 Å². The standard InChI is InChI=1S/C11H13N3O2S2/c12-18(15,16)14-11-3-1-2-10(6-11)13-7-9-4-5-17-8-9/h1-6,8,13-14H,7H2,(H2,12,15,16). The molecule has 4 N–H and O–H groups in total. The smallest absolute Gasteiger partial charge is 0.296 e. The number of thiophene rings is 1. The zero-order valence-corrected chi connectivity index (χ0v) is 11.1. The van der Waals surface area contributed by atoms with Gasteiger partial charge < -0.3 is 5.32 Å². The molecule has 2 rings (SSSR count). The van der Waals surface area contributed by atoms with Crippen molar-refractivity contribution in [3.05, 3.63) is 46.7 Å². The van der Waals surface area contributed by atoms with E-state index in [9.17, 15) is 8.42 Å². The van der Waals surface area contributed by atoms with Crippen molar-refractivity contribution in [2.45, 2.75) is 6.54 Å². The first-order chi connectivity index (χ1) is 8.53. The highest BCUT2D eigenvalue weighted by molar-refractivity contribution is 7.90. The molecule has 0 atom stereocenters. The molecule has 0 aliphatic carbocycles. The fourth-order valence-corrected chi connectivity index (χ4v) is 2.58. The van der Waals surface area contributed by atoms with Gasteiger partial charge in [0.15, 0.2) is 0 Å². The van der Waals surface area contributed by atoms with Crippen LogP contribution in [0.2, 0.25) is 0 Å². The minimum atomic E-state index is -3.73. The van der Waals surface area contributed by atoms with E-state index in [1.54, 1.807) is 29.5 Å². The molecule has 1 aromatic carbocycles. The molecular weight excluding hydrogens is 270 g/mol. The van der Waals surface area contributed by atoms with Gasteiger partial charge in [-0.3, -0.25) is 4.72 Å². The fraction of sp³-hybridized carbons (Fsp3) is 0.0909. The second kappa shape index (κ2) is 5.38. The van der Waals surface area contributed by atoms with Gasteiger partial charge in [0.1, 0.15) is 0 Å². The van der Waals surface area contributed by atoms with E-state index in [-0.39, 0.29) is 0 Å². The molecule has 0 fully saturated rings. The lowest BCUT2D eigenvalue weighted by Crippen LogP contribution is -2.21. The quantitative estimate of drug-likeness (QED) is 0.784. The van der Waals surface area contributed by atoms with Crippen LogP contribution in [0, 0.1) is 0 Å². The summed E-state index contributed by atoms with van der Waals surface area (Å²) in [6.45, 7) is 0.697. The number of hydrogen-bond donors (Lipinski definition) is 3. The lowest BCUT2D eigenvalue weighted by molar-refractivity contribution is 0.603. The maximum absolute atomic E-state index is 10.9. The van der Waals surface area contributed by atoms with Gasteiger partial charge >= 0.3 is 0 Å². The maximum atomic E-state index is 10.9. The lowest BCUT2D eigenvalue weighted by Gasteiger charge is -2.08. The van der Waals surface area contributed by atoms with Gasteiger partial charge in [-0.2, -0.15) is 19.8 Å². The Balaban J connectivity index is 2.03. The molecule has 0 spiro atoms. The van der Waals surface area contributed by atoms with Gasteiger partial charge in [0, 0.05) is 12.2 Å². The first kappa shape index (κ1) is 12.9. The van der Waals surface area contributed by atoms with E-state index < -0.39 is 10.2 Å². The van der Waals surface area contributed by atoms with E-state index >= 15 is 0 Å². The molecule has 0 aliphatic rings. The summed E-state index contributed by atoms with van der Waals surface area (Å²) in [4.78, 5) is 0. The number of nitrogens with two attached hydrogens (primary N) is 1. The summed E-state index contributed by atoms with van der Waals surface area (Å²) in [7, 11) is -3.73. The number of hydrogen-bond acceptors (Lipinski definition) is 4. The largest absolute Gasteiger partial charge is 0.381 e. The van der Waals surface area contributed by atoms with Crippen molar-refractivity contribution in [1.82, 2.24) is 0 Å². The van der Waals surface area contributed by atoms with Crippen molar-refractivity contribution in [2.75, 3.05) is 10.0 Å². The first-order valence-corrected chi connectivity index (χ1v) is 7.67. The summed E-state index contributed by atoms with van der Waals surface area (Å²) >= 11 is 1.64. The van der Waals surface area contributed by atoms with Gasteiger partial charge in [-0.15, -0.1) is 0 Å². The minimum absolute atomic E-state index is 0.438. The molecule has 1 heterocycles. The Hall–Kier alpha value is -1.57. The van der Waals surface area contributed by atoms with Gasteiger partial charge in [0.25, 0.3) is 10.2 Å². The highest BCUT2D eigenvalue weighted by Gasteiger charge is 2.02. The zero-order valence-electron chi connectivity index (χ0n) is 9.46. The van der Waals surface area contributed by atoms with Crippen LogP contribution in [0.4, 0.5) is 11.4 Å². The number of anilines is 2. The van der Waals surface area contributed by atoms with Gasteiger partial charge in [-0.05, 0) is 40.6 Å². The molecular formula is C11H13N3O2S2. The number of nitrogens with one attached hydrogen (secondary N) is 2. The molecule has 2 aromatic rings. The molecule has 0 unspecified atom stereocenters. The molecule has 0 saturated carbocycles. The topological polar surface area (TPSA) is 84.2 Å². The zero-order chi connectivity index (χ0) is 13.0. The Morgan fingerprint density at radius 3 is 2.67 bits per heavy atom. The van der Waals surface area contributed by atoms with Crippen molar-refractivity contribution < 1.29 is 8.42 Å². The average molecular weight is 283 g/mol. The van der Waals surface area contributed by atoms with E-state index in [1.807, 2.05) is 17.5 Å². The third kappa shape index (κ3) is 4.02. The van der Waals surface area contributed by atoms with Crippen LogP contribution in [0.15, 0.2) is 41.1 Å². The molecule has 0 bridgehead atoms. The summed E-state index contributed by atoms with van der Waals surface area (Å²) in [5.74, 6) is 0. The number of rotatable bonds is 5. The van der Waals surface area contributed by atoms with Crippen molar-refractivity contribution in [3.63, 3.8) is 0 Å². The Labute approximate surface area is 110 Å². The average Bonchev–Trinajstić information content (AvgIpc) is 2.77. The van der Waals surface area contributed by atoms with Crippen molar-refractivity contribution in [1.29, 1.82) is 0 Å². The third-order valence-corrected chi connectivity index (χ3v) is 3.45. The van der Waals surface area contributed by atoms with Crippen LogP contribution < -0.4 is 15.2 Å². The van der Waals surface area contributed by atoms with Gasteiger partial charge in [-0.1, -0.05) is 6.07 Å². The van der Waals surface area contributed by atoms with Crippen molar-refractivity contribution >= 4 is 32.9 Å². The van der Waals surface area contributed by atoms with Gasteiger partial charge in [0.2, 0.25) is 0 Å². The predicted octanol–water partition coefficient (Wildman–Crippen LogP) is 1.98. The van der Waals surface area contributed by atoms with E-state index in [4.69, 9.17) is 5.14 Å². The van der Waals surface area contributed by atoms with Crippen LogP contribution in [-0.2, 0) is 16.8 Å². The first-order valence-electron chi connectivity index (χ1n) is 5.18. The lowest BCUT2D eigenvalue weighted by atomic mass is 10.2. The molecule has 0 aliphatic heterocycles. The van der Waals surface area contributed by atoms with Gasteiger partial charge in [0.05, 0.1) is 5.69 Å². The Kier molecular flexibility index (Phi) is 3.85. The van der Waals surface area contributed by atoms with E-state index in [1.165, 1.54) is 5.56 Å². The third-order valence-electron chi connectivity index (χ3n) is 2.20. The Morgan fingerprint density at radius 2 is 2.00 bits per heavy atom. The molecule has 18 heavy (non-hydrogen) atoms. The van der Waals surface area contributed by atoms with E-state index in [0.29, 0.717) is 12.2 Å². The molecule has 1 aromatic heterocycles.